The van der Waals surface area contributed by atoms with Crippen molar-refractivity contribution in [2.75, 3.05) is 5.32 Å². The maximum Gasteiger partial charge on any atom is 0.435 e. The molecule has 0 radical (unpaired) electrons. The molecular formula is C25H13BrF11NO2. The summed E-state index contributed by atoms with van der Waals surface area (Å²) in [7, 11) is 0. The van der Waals surface area contributed by atoms with Crippen molar-refractivity contribution in [1.82, 2.24) is 0 Å². The molecule has 0 spiro atoms. The number of Topliss-reactive ketones (excluding diaryl/α,β-unsaturated/α-hetero) is 1. The van der Waals surface area contributed by atoms with Crippen molar-refractivity contribution in [3.63, 3.8) is 0 Å². The summed E-state index contributed by atoms with van der Waals surface area (Å²) in [6.07, 6.45) is -20.2. The van der Waals surface area contributed by atoms with Crippen LogP contribution in [0, 0.1) is 5.82 Å². The van der Waals surface area contributed by atoms with Crippen LogP contribution in [0.3, 0.4) is 0 Å². The lowest BCUT2D eigenvalue weighted by atomic mass is 9.89. The number of alkyl halides is 10. The summed E-state index contributed by atoms with van der Waals surface area (Å²) in [5.41, 5.74) is -12.7. The first-order chi connectivity index (χ1) is 18.3. The van der Waals surface area contributed by atoms with Crippen LogP contribution in [-0.2, 0) is 18.3 Å². The molecule has 0 aliphatic rings. The van der Waals surface area contributed by atoms with Crippen LogP contribution in [0.4, 0.5) is 54.0 Å². The van der Waals surface area contributed by atoms with Gasteiger partial charge in [0.15, 0.2) is 5.78 Å². The van der Waals surface area contributed by atoms with Crippen molar-refractivity contribution in [2.45, 2.75) is 30.6 Å². The molecule has 0 unspecified atom stereocenters. The number of carbonyl (C=O) groups excluding carboxylic acids is 2. The van der Waals surface area contributed by atoms with Crippen molar-refractivity contribution in [3.8, 4) is 0 Å². The lowest BCUT2D eigenvalue weighted by Crippen LogP contribution is -2.50. The second kappa shape index (κ2) is 10.8. The van der Waals surface area contributed by atoms with Crippen LogP contribution in [0.15, 0.2) is 65.1 Å². The zero-order valence-corrected chi connectivity index (χ0v) is 20.9. The number of hydrogen-bond donors (Lipinski definition) is 1. The van der Waals surface area contributed by atoms with Gasteiger partial charge in [-0.1, -0.05) is 34.1 Å². The van der Waals surface area contributed by atoms with Gasteiger partial charge in [-0.2, -0.15) is 39.5 Å². The molecule has 214 valence electrons. The van der Waals surface area contributed by atoms with Gasteiger partial charge in [-0.3, -0.25) is 9.59 Å². The van der Waals surface area contributed by atoms with Crippen LogP contribution in [0.25, 0.3) is 0 Å². The third-order valence-electron chi connectivity index (χ3n) is 5.59. The smallest absolute Gasteiger partial charge is 0.319 e. The molecule has 0 aliphatic heterocycles. The summed E-state index contributed by atoms with van der Waals surface area (Å²) in [5.74, 6) is -3.01. The molecule has 0 saturated heterocycles. The summed E-state index contributed by atoms with van der Waals surface area (Å²) in [5, 5.41) is 2.17. The molecule has 0 aliphatic carbocycles. The zero-order valence-electron chi connectivity index (χ0n) is 19.3. The third kappa shape index (κ3) is 6.13. The highest BCUT2D eigenvalue weighted by molar-refractivity contribution is 9.10. The number of nitrogens with one attached hydrogen (secondary N) is 1. The van der Waals surface area contributed by atoms with E-state index in [0.717, 1.165) is 12.1 Å². The Balaban J connectivity index is 2.03. The Morgan fingerprint density at radius 3 is 1.85 bits per heavy atom. The SMILES string of the molecule is O=C(Cc1c(Br)cc(C(F)(C(F)(F)F)C(F)(F)F)cc1C(F)(F)F)c1ccc(F)c(NC(=O)c2ccccc2)c1. The van der Waals surface area contributed by atoms with Crippen LogP contribution in [0.5, 0.6) is 0 Å². The molecule has 40 heavy (non-hydrogen) atoms. The van der Waals surface area contributed by atoms with E-state index >= 15 is 0 Å². The first-order valence-electron chi connectivity index (χ1n) is 10.7. The minimum absolute atomic E-state index is 0.0964. The molecule has 3 aromatic carbocycles. The number of amides is 1. The maximum atomic E-state index is 14.5. The molecule has 0 fully saturated rings. The minimum atomic E-state index is -6.68. The van der Waals surface area contributed by atoms with Gasteiger partial charge in [0.25, 0.3) is 5.91 Å². The molecule has 3 nitrogen and oxygen atoms in total. The van der Waals surface area contributed by atoms with Gasteiger partial charge in [0.1, 0.15) is 5.82 Å². The molecule has 1 amide bonds. The van der Waals surface area contributed by atoms with E-state index in [1.807, 2.05) is 0 Å². The predicted octanol–water partition coefficient (Wildman–Crippen LogP) is 8.57. The van der Waals surface area contributed by atoms with Crippen LogP contribution in [-0.4, -0.2) is 24.0 Å². The summed E-state index contributed by atoms with van der Waals surface area (Å²) in [6.45, 7) is 0. The molecule has 3 aromatic rings. The molecule has 1 N–H and O–H groups in total. The number of carbonyl (C=O) groups is 2. The summed E-state index contributed by atoms with van der Waals surface area (Å²) >= 11 is 2.43. The van der Waals surface area contributed by atoms with Gasteiger partial charge >= 0.3 is 24.2 Å². The highest BCUT2D eigenvalue weighted by Crippen LogP contribution is 2.54. The Kier molecular flexibility index (Phi) is 8.40. The van der Waals surface area contributed by atoms with Crippen molar-refractivity contribution in [1.29, 1.82) is 0 Å². The topological polar surface area (TPSA) is 46.2 Å². The fraction of sp³-hybridized carbons (Fsp3) is 0.200. The quantitative estimate of drug-likeness (QED) is 0.215. The molecular weight excluding hydrogens is 635 g/mol. The fourth-order valence-electron chi connectivity index (χ4n) is 3.60. The number of anilines is 1. The predicted molar refractivity (Wildman–Crippen MR) is 123 cm³/mol. The molecule has 0 aromatic heterocycles. The van der Waals surface area contributed by atoms with Gasteiger partial charge in [0, 0.05) is 27.6 Å². The highest BCUT2D eigenvalue weighted by atomic mass is 79.9. The Morgan fingerprint density at radius 1 is 0.750 bits per heavy atom. The molecule has 3 rings (SSSR count). The Morgan fingerprint density at radius 2 is 1.32 bits per heavy atom. The van der Waals surface area contributed by atoms with E-state index in [1.165, 1.54) is 24.3 Å². The van der Waals surface area contributed by atoms with Crippen molar-refractivity contribution >= 4 is 33.3 Å². The van der Waals surface area contributed by atoms with Crippen molar-refractivity contribution in [2.24, 2.45) is 0 Å². The molecule has 0 saturated carbocycles. The van der Waals surface area contributed by atoms with Gasteiger partial charge in [-0.25, -0.2) is 8.78 Å². The second-order valence-corrected chi connectivity index (χ2v) is 9.10. The monoisotopic (exact) mass is 647 g/mol. The third-order valence-corrected chi connectivity index (χ3v) is 6.30. The average Bonchev–Trinajstić information content (AvgIpc) is 2.84. The molecule has 15 heteroatoms. The first kappa shape index (κ1) is 31.0. The summed E-state index contributed by atoms with van der Waals surface area (Å²) in [6, 6.07) is 8.89. The van der Waals surface area contributed by atoms with Gasteiger partial charge in [-0.15, -0.1) is 0 Å². The highest BCUT2D eigenvalue weighted by Gasteiger charge is 2.73. The number of ketones is 1. The minimum Gasteiger partial charge on any atom is -0.319 e. The zero-order chi connectivity index (χ0) is 30.3. The molecule has 0 bridgehead atoms. The van der Waals surface area contributed by atoms with E-state index in [4.69, 9.17) is 0 Å². The van der Waals surface area contributed by atoms with E-state index in [2.05, 4.69) is 21.2 Å². The first-order valence-corrected chi connectivity index (χ1v) is 11.5. The van der Waals surface area contributed by atoms with E-state index < -0.39 is 86.6 Å². The number of hydrogen-bond acceptors (Lipinski definition) is 2. The average molecular weight is 648 g/mol. The maximum absolute atomic E-state index is 14.5. The number of rotatable bonds is 6. The standard InChI is InChI=1S/C25H13BrF11NO2/c26-17-10-14(22(28,24(32,33)34)25(35,36)37)9-16(23(29,30)31)15(17)11-20(39)13-6-7-18(27)19(8-13)38-21(40)12-4-2-1-3-5-12/h1-10H,11H2,(H,38,40). The normalized spacial score (nSPS) is 12.8. The number of benzene rings is 3. The Hall–Kier alpha value is -3.49. The van der Waals surface area contributed by atoms with Crippen LogP contribution in [0.2, 0.25) is 0 Å². The fourth-order valence-corrected chi connectivity index (χ4v) is 4.20. The van der Waals surface area contributed by atoms with E-state index in [-0.39, 0.29) is 11.6 Å². The lowest BCUT2D eigenvalue weighted by molar-refractivity contribution is -0.348. The number of halogens is 12. The van der Waals surface area contributed by atoms with Gasteiger partial charge in [-0.05, 0) is 48.0 Å². The van der Waals surface area contributed by atoms with Gasteiger partial charge in [0.05, 0.1) is 11.3 Å². The Labute approximate surface area is 226 Å². The van der Waals surface area contributed by atoms with E-state index in [0.29, 0.717) is 6.07 Å². The van der Waals surface area contributed by atoms with Gasteiger partial charge < -0.3 is 5.32 Å². The molecule has 0 heterocycles. The van der Waals surface area contributed by atoms with Crippen LogP contribution >= 0.6 is 15.9 Å². The van der Waals surface area contributed by atoms with Crippen molar-refractivity contribution in [3.05, 3.63) is 98.8 Å². The van der Waals surface area contributed by atoms with Crippen LogP contribution < -0.4 is 5.32 Å². The Bertz CT molecular complexity index is 1420. The lowest BCUT2D eigenvalue weighted by Gasteiger charge is -2.31. The van der Waals surface area contributed by atoms with E-state index in [9.17, 15) is 57.9 Å². The largest absolute Gasteiger partial charge is 0.435 e. The summed E-state index contributed by atoms with van der Waals surface area (Å²) in [4.78, 5) is 25.1. The van der Waals surface area contributed by atoms with Crippen LogP contribution in [0.1, 0.15) is 37.4 Å². The molecule has 0 atom stereocenters. The summed E-state index contributed by atoms with van der Waals surface area (Å²) < 4.78 is 148. The van der Waals surface area contributed by atoms with Gasteiger partial charge in [0.2, 0.25) is 0 Å². The van der Waals surface area contributed by atoms with Crippen molar-refractivity contribution < 1.29 is 57.9 Å². The second-order valence-electron chi connectivity index (χ2n) is 8.25. The van der Waals surface area contributed by atoms with E-state index in [1.54, 1.807) is 6.07 Å².